The fourth-order valence-electron chi connectivity index (χ4n) is 2.65. The summed E-state index contributed by atoms with van der Waals surface area (Å²) in [6.07, 6.45) is -4.47. The minimum atomic E-state index is -4.47. The number of nitrogens with one attached hydrogen (secondary N) is 2. The van der Waals surface area contributed by atoms with Crippen molar-refractivity contribution in [2.45, 2.75) is 20.0 Å². The SMILES string of the molecule is CCN(CC)c1nc2sc(C(=O)Nc3ccc(C(=O)NCC(F)(F)F)cc3)cc2s1. The van der Waals surface area contributed by atoms with E-state index in [1.54, 1.807) is 11.4 Å². The first-order chi connectivity index (χ1) is 14.2. The van der Waals surface area contributed by atoms with Crippen molar-refractivity contribution in [2.24, 2.45) is 0 Å². The lowest BCUT2D eigenvalue weighted by Crippen LogP contribution is -2.33. The first-order valence-electron chi connectivity index (χ1n) is 9.12. The second kappa shape index (κ2) is 9.00. The first-order valence-corrected chi connectivity index (χ1v) is 10.7. The average molecular weight is 457 g/mol. The number of benzene rings is 1. The molecule has 0 aliphatic rings. The molecular weight excluding hydrogens is 437 g/mol. The van der Waals surface area contributed by atoms with E-state index in [0.29, 0.717) is 10.6 Å². The van der Waals surface area contributed by atoms with E-state index in [1.165, 1.54) is 46.9 Å². The summed E-state index contributed by atoms with van der Waals surface area (Å²) in [4.78, 5) is 32.3. The van der Waals surface area contributed by atoms with E-state index in [9.17, 15) is 22.8 Å². The third-order valence-electron chi connectivity index (χ3n) is 4.19. The molecule has 30 heavy (non-hydrogen) atoms. The minimum Gasteiger partial charge on any atom is -0.349 e. The van der Waals surface area contributed by atoms with Crippen LogP contribution in [-0.2, 0) is 0 Å². The maximum Gasteiger partial charge on any atom is 0.405 e. The third kappa shape index (κ3) is 5.28. The van der Waals surface area contributed by atoms with Crippen molar-refractivity contribution in [3.8, 4) is 0 Å². The predicted octanol–water partition coefficient (Wildman–Crippen LogP) is 4.75. The van der Waals surface area contributed by atoms with Crippen molar-refractivity contribution in [1.29, 1.82) is 0 Å². The van der Waals surface area contributed by atoms with Gasteiger partial charge in [-0.05, 0) is 44.2 Å². The van der Waals surface area contributed by atoms with E-state index in [2.05, 4.69) is 29.0 Å². The van der Waals surface area contributed by atoms with Crippen molar-refractivity contribution in [3.05, 3.63) is 40.8 Å². The highest BCUT2D eigenvalue weighted by molar-refractivity contribution is 7.29. The average Bonchev–Trinajstić information content (AvgIpc) is 3.26. The van der Waals surface area contributed by atoms with Gasteiger partial charge in [-0.2, -0.15) is 13.2 Å². The van der Waals surface area contributed by atoms with Crippen molar-refractivity contribution >= 4 is 54.8 Å². The number of carbonyl (C=O) groups is 2. The fourth-order valence-corrected chi connectivity index (χ4v) is 4.88. The van der Waals surface area contributed by atoms with Gasteiger partial charge in [0.15, 0.2) is 5.13 Å². The predicted molar refractivity (Wildman–Crippen MR) is 114 cm³/mol. The Balaban J connectivity index is 1.64. The van der Waals surface area contributed by atoms with Crippen molar-refractivity contribution in [3.63, 3.8) is 0 Å². The molecule has 0 saturated carbocycles. The van der Waals surface area contributed by atoms with Crippen LogP contribution in [0.5, 0.6) is 0 Å². The number of nitrogens with zero attached hydrogens (tertiary/aromatic N) is 2. The molecule has 2 aromatic heterocycles. The molecule has 11 heteroatoms. The van der Waals surface area contributed by atoms with Gasteiger partial charge in [0, 0.05) is 24.3 Å². The normalized spacial score (nSPS) is 11.5. The topological polar surface area (TPSA) is 74.3 Å². The second-order valence-corrected chi connectivity index (χ2v) is 8.32. The van der Waals surface area contributed by atoms with Crippen LogP contribution in [0.1, 0.15) is 33.9 Å². The number of amides is 2. The number of alkyl halides is 3. The molecule has 0 saturated heterocycles. The van der Waals surface area contributed by atoms with Crippen LogP contribution in [0.3, 0.4) is 0 Å². The lowest BCUT2D eigenvalue weighted by Gasteiger charge is -2.16. The van der Waals surface area contributed by atoms with Gasteiger partial charge < -0.3 is 15.5 Å². The Bertz CT molecular complexity index is 1010. The quantitative estimate of drug-likeness (QED) is 0.538. The van der Waals surface area contributed by atoms with E-state index >= 15 is 0 Å². The number of rotatable bonds is 7. The summed E-state index contributed by atoms with van der Waals surface area (Å²) < 4.78 is 37.5. The van der Waals surface area contributed by atoms with E-state index < -0.39 is 18.6 Å². The number of hydrogen-bond acceptors (Lipinski definition) is 6. The summed E-state index contributed by atoms with van der Waals surface area (Å²) >= 11 is 2.82. The highest BCUT2D eigenvalue weighted by Gasteiger charge is 2.27. The van der Waals surface area contributed by atoms with Crippen molar-refractivity contribution in [2.75, 3.05) is 29.9 Å². The number of thiophene rings is 1. The molecule has 2 amide bonds. The summed E-state index contributed by atoms with van der Waals surface area (Å²) in [6.45, 7) is 4.43. The second-order valence-electron chi connectivity index (χ2n) is 6.28. The highest BCUT2D eigenvalue weighted by Crippen LogP contribution is 2.34. The zero-order chi connectivity index (χ0) is 21.9. The molecule has 2 N–H and O–H groups in total. The van der Waals surface area contributed by atoms with Crippen LogP contribution >= 0.6 is 22.7 Å². The molecule has 0 aliphatic carbocycles. The number of carbonyl (C=O) groups excluding carboxylic acids is 2. The van der Waals surface area contributed by atoms with Gasteiger partial charge in [-0.3, -0.25) is 9.59 Å². The molecule has 2 heterocycles. The van der Waals surface area contributed by atoms with Gasteiger partial charge in [0.1, 0.15) is 11.4 Å². The Morgan fingerprint density at radius 2 is 1.73 bits per heavy atom. The van der Waals surface area contributed by atoms with Crippen LogP contribution in [0.25, 0.3) is 9.53 Å². The van der Waals surface area contributed by atoms with E-state index in [0.717, 1.165) is 27.8 Å². The van der Waals surface area contributed by atoms with Gasteiger partial charge in [-0.15, -0.1) is 11.3 Å². The molecule has 0 radical (unpaired) electrons. The third-order valence-corrected chi connectivity index (χ3v) is 6.41. The van der Waals surface area contributed by atoms with Crippen molar-refractivity contribution in [1.82, 2.24) is 10.3 Å². The zero-order valence-electron chi connectivity index (χ0n) is 16.2. The van der Waals surface area contributed by atoms with Gasteiger partial charge in [0.25, 0.3) is 11.8 Å². The summed E-state index contributed by atoms with van der Waals surface area (Å²) in [5.41, 5.74) is 0.503. The molecule has 3 aromatic rings. The molecular formula is C19H19F3N4O2S2. The molecule has 0 unspecified atom stereocenters. The van der Waals surface area contributed by atoms with Crippen LogP contribution in [-0.4, -0.2) is 42.6 Å². The maximum absolute atomic E-state index is 12.5. The standard InChI is InChI=1S/C19H19F3N4O2S2/c1-3-26(4-2)18-25-17-14(30-18)9-13(29-17)16(28)24-12-7-5-11(6-8-12)15(27)23-10-19(20,21)22/h5-9H,3-4,10H2,1-2H3,(H,23,27)(H,24,28). The number of halogens is 3. The Kier molecular flexibility index (Phi) is 6.61. The lowest BCUT2D eigenvalue weighted by molar-refractivity contribution is -0.123. The van der Waals surface area contributed by atoms with Gasteiger partial charge >= 0.3 is 6.18 Å². The number of hydrogen-bond donors (Lipinski definition) is 2. The Hall–Kier alpha value is -2.66. The zero-order valence-corrected chi connectivity index (χ0v) is 17.8. The Labute approximate surface area is 178 Å². The summed E-state index contributed by atoms with van der Waals surface area (Å²) in [5, 5.41) is 5.44. The summed E-state index contributed by atoms with van der Waals surface area (Å²) in [7, 11) is 0. The van der Waals surface area contributed by atoms with E-state index in [1.807, 2.05) is 0 Å². The van der Waals surface area contributed by atoms with Crippen LogP contribution in [0.4, 0.5) is 24.0 Å². The van der Waals surface area contributed by atoms with Gasteiger partial charge in [-0.25, -0.2) is 4.98 Å². The summed E-state index contributed by atoms with van der Waals surface area (Å²) in [5.74, 6) is -1.15. The Morgan fingerprint density at radius 1 is 1.07 bits per heavy atom. The number of thiazole rings is 1. The molecule has 6 nitrogen and oxygen atoms in total. The molecule has 1 aromatic carbocycles. The van der Waals surface area contributed by atoms with Crippen molar-refractivity contribution < 1.29 is 22.8 Å². The number of anilines is 2. The summed E-state index contributed by atoms with van der Waals surface area (Å²) in [6, 6.07) is 7.43. The molecule has 3 rings (SSSR count). The minimum absolute atomic E-state index is 0.0713. The van der Waals surface area contributed by atoms with Crippen LogP contribution in [0.2, 0.25) is 0 Å². The van der Waals surface area contributed by atoms with Crippen LogP contribution in [0.15, 0.2) is 30.3 Å². The molecule has 160 valence electrons. The van der Waals surface area contributed by atoms with Gasteiger partial charge in [0.05, 0.1) is 9.58 Å². The lowest BCUT2D eigenvalue weighted by atomic mass is 10.2. The number of fused-ring (bicyclic) bond motifs is 1. The maximum atomic E-state index is 12.5. The fraction of sp³-hybridized carbons (Fsp3) is 0.316. The van der Waals surface area contributed by atoms with E-state index in [4.69, 9.17) is 0 Å². The van der Waals surface area contributed by atoms with Gasteiger partial charge in [-0.1, -0.05) is 11.3 Å². The molecule has 0 bridgehead atoms. The van der Waals surface area contributed by atoms with Gasteiger partial charge in [0.2, 0.25) is 0 Å². The monoisotopic (exact) mass is 456 g/mol. The molecule has 0 aliphatic heterocycles. The molecule has 0 atom stereocenters. The highest BCUT2D eigenvalue weighted by atomic mass is 32.1. The molecule has 0 fully saturated rings. The van der Waals surface area contributed by atoms with Crippen LogP contribution in [0, 0.1) is 0 Å². The largest absolute Gasteiger partial charge is 0.405 e. The molecule has 0 spiro atoms. The van der Waals surface area contributed by atoms with Crippen LogP contribution < -0.4 is 15.5 Å². The Morgan fingerprint density at radius 3 is 2.30 bits per heavy atom. The smallest absolute Gasteiger partial charge is 0.349 e. The van der Waals surface area contributed by atoms with E-state index in [-0.39, 0.29) is 11.5 Å². The first kappa shape index (κ1) is 22.0. The number of aromatic nitrogens is 1.